The Bertz CT molecular complexity index is 520. The summed E-state index contributed by atoms with van der Waals surface area (Å²) in [4.78, 5) is 23.0. The first-order chi connectivity index (χ1) is 9.85. The van der Waals surface area contributed by atoms with E-state index >= 15 is 0 Å². The Kier molecular flexibility index (Phi) is 6.10. The van der Waals surface area contributed by atoms with Gasteiger partial charge < -0.3 is 15.2 Å². The molecule has 2 atom stereocenters. The molecule has 3 amide bonds. The van der Waals surface area contributed by atoms with Crippen LogP contribution in [0.1, 0.15) is 32.4 Å². The second kappa shape index (κ2) is 7.58. The van der Waals surface area contributed by atoms with Gasteiger partial charge in [-0.1, -0.05) is 0 Å². The number of carbonyl (C=O) groups is 2. The Balaban J connectivity index is 2.78. The van der Waals surface area contributed by atoms with E-state index in [0.717, 1.165) is 6.07 Å². The summed E-state index contributed by atoms with van der Waals surface area (Å²) < 4.78 is 18.6. The van der Waals surface area contributed by atoms with Crippen LogP contribution in [-0.2, 0) is 4.79 Å². The van der Waals surface area contributed by atoms with Gasteiger partial charge in [0.05, 0.1) is 6.10 Å². The lowest BCUT2D eigenvalue weighted by Gasteiger charge is -2.18. The molecule has 1 rings (SSSR count). The maximum absolute atomic E-state index is 13.2. The number of nitrogens with one attached hydrogen (secondary N) is 2. The van der Waals surface area contributed by atoms with Crippen LogP contribution < -0.4 is 15.4 Å². The van der Waals surface area contributed by atoms with E-state index in [1.807, 2.05) is 0 Å². The summed E-state index contributed by atoms with van der Waals surface area (Å²) in [5, 5.41) is 14.1. The van der Waals surface area contributed by atoms with Gasteiger partial charge in [-0.05, 0) is 32.9 Å². The number of aliphatic hydroxyl groups is 1. The second-order valence-electron chi connectivity index (χ2n) is 4.47. The first kappa shape index (κ1) is 16.9. The van der Waals surface area contributed by atoms with Gasteiger partial charge in [-0.3, -0.25) is 10.1 Å². The number of imide groups is 1. The zero-order valence-electron chi connectivity index (χ0n) is 12.1. The Morgan fingerprint density at radius 2 is 2.05 bits per heavy atom. The topological polar surface area (TPSA) is 87.7 Å². The Labute approximate surface area is 122 Å². The number of benzene rings is 1. The average molecular weight is 298 g/mol. The minimum atomic E-state index is -1.02. The summed E-state index contributed by atoms with van der Waals surface area (Å²) in [6.45, 7) is 5.01. The van der Waals surface area contributed by atoms with Gasteiger partial charge in [-0.2, -0.15) is 0 Å². The van der Waals surface area contributed by atoms with Crippen molar-refractivity contribution in [2.24, 2.45) is 0 Å². The van der Waals surface area contributed by atoms with Crippen molar-refractivity contribution in [1.29, 1.82) is 0 Å². The van der Waals surface area contributed by atoms with E-state index in [-0.39, 0.29) is 5.75 Å². The minimum absolute atomic E-state index is 0.0588. The Morgan fingerprint density at radius 1 is 1.38 bits per heavy atom. The largest absolute Gasteiger partial charge is 0.480 e. The summed E-state index contributed by atoms with van der Waals surface area (Å²) >= 11 is 0. The molecule has 7 heteroatoms. The van der Waals surface area contributed by atoms with Crippen molar-refractivity contribution in [3.63, 3.8) is 0 Å². The summed E-state index contributed by atoms with van der Waals surface area (Å²) in [6, 6.07) is 3.02. The summed E-state index contributed by atoms with van der Waals surface area (Å²) in [7, 11) is 0. The SMILES string of the molecule is CCNC(=O)NC(=O)C(C)Oc1cc(F)ccc1[C@H](C)O. The standard InChI is InChI=1S/C14H19FN2O4/c1-4-16-14(20)17-13(19)9(3)21-12-7-10(15)5-6-11(12)8(2)18/h5-9,18H,4H2,1-3H3,(H2,16,17,19,20)/t8-,9?/m0/s1. The summed E-state index contributed by atoms with van der Waals surface area (Å²) in [6.07, 6.45) is -1.90. The van der Waals surface area contributed by atoms with Crippen molar-refractivity contribution in [3.8, 4) is 5.75 Å². The van der Waals surface area contributed by atoms with Crippen molar-refractivity contribution in [2.45, 2.75) is 33.0 Å². The maximum atomic E-state index is 13.2. The number of carbonyl (C=O) groups excluding carboxylic acids is 2. The van der Waals surface area contributed by atoms with Crippen molar-refractivity contribution in [2.75, 3.05) is 6.54 Å². The fourth-order valence-electron chi connectivity index (χ4n) is 1.62. The third kappa shape index (κ3) is 5.03. The van der Waals surface area contributed by atoms with Crippen molar-refractivity contribution in [3.05, 3.63) is 29.6 Å². The first-order valence-electron chi connectivity index (χ1n) is 6.58. The zero-order chi connectivity index (χ0) is 16.0. The lowest BCUT2D eigenvalue weighted by atomic mass is 10.1. The number of hydrogen-bond acceptors (Lipinski definition) is 4. The molecule has 1 aromatic carbocycles. The number of aliphatic hydroxyl groups excluding tert-OH is 1. The number of rotatable bonds is 5. The fraction of sp³-hybridized carbons (Fsp3) is 0.429. The van der Waals surface area contributed by atoms with E-state index in [0.29, 0.717) is 12.1 Å². The van der Waals surface area contributed by atoms with E-state index in [1.165, 1.54) is 26.0 Å². The molecule has 0 saturated heterocycles. The molecule has 0 aliphatic rings. The van der Waals surface area contributed by atoms with E-state index in [9.17, 15) is 19.1 Å². The molecule has 0 bridgehead atoms. The van der Waals surface area contributed by atoms with Gasteiger partial charge in [0.15, 0.2) is 6.10 Å². The number of hydrogen-bond donors (Lipinski definition) is 3. The fourth-order valence-corrected chi connectivity index (χ4v) is 1.62. The van der Waals surface area contributed by atoms with Crippen LogP contribution >= 0.6 is 0 Å². The van der Waals surface area contributed by atoms with Crippen LogP contribution in [0.4, 0.5) is 9.18 Å². The van der Waals surface area contributed by atoms with Crippen LogP contribution in [0.15, 0.2) is 18.2 Å². The molecule has 0 fully saturated rings. The van der Waals surface area contributed by atoms with E-state index < -0.39 is 30.0 Å². The van der Waals surface area contributed by atoms with Gasteiger partial charge in [0.25, 0.3) is 5.91 Å². The molecule has 1 aromatic rings. The number of urea groups is 1. The van der Waals surface area contributed by atoms with Gasteiger partial charge in [0, 0.05) is 18.2 Å². The molecule has 21 heavy (non-hydrogen) atoms. The molecule has 6 nitrogen and oxygen atoms in total. The van der Waals surface area contributed by atoms with Crippen LogP contribution in [0.5, 0.6) is 5.75 Å². The van der Waals surface area contributed by atoms with Gasteiger partial charge >= 0.3 is 6.03 Å². The molecule has 0 radical (unpaired) electrons. The van der Waals surface area contributed by atoms with Crippen LogP contribution in [0, 0.1) is 5.82 Å². The third-order valence-corrected chi connectivity index (χ3v) is 2.67. The normalized spacial score (nSPS) is 13.2. The van der Waals surface area contributed by atoms with Gasteiger partial charge in [0.1, 0.15) is 11.6 Å². The van der Waals surface area contributed by atoms with Gasteiger partial charge in [0.2, 0.25) is 0 Å². The van der Waals surface area contributed by atoms with Crippen molar-refractivity contribution >= 4 is 11.9 Å². The van der Waals surface area contributed by atoms with Crippen LogP contribution in [-0.4, -0.2) is 29.7 Å². The lowest BCUT2D eigenvalue weighted by Crippen LogP contribution is -2.45. The van der Waals surface area contributed by atoms with Crippen molar-refractivity contribution < 1.29 is 23.8 Å². The average Bonchev–Trinajstić information content (AvgIpc) is 2.38. The smallest absolute Gasteiger partial charge is 0.321 e. The Morgan fingerprint density at radius 3 is 2.62 bits per heavy atom. The predicted octanol–water partition coefficient (Wildman–Crippen LogP) is 1.49. The minimum Gasteiger partial charge on any atom is -0.480 e. The molecule has 0 aromatic heterocycles. The molecule has 0 aliphatic carbocycles. The number of ether oxygens (including phenoxy) is 1. The van der Waals surface area contributed by atoms with E-state index in [2.05, 4.69) is 10.6 Å². The third-order valence-electron chi connectivity index (χ3n) is 2.67. The predicted molar refractivity (Wildman–Crippen MR) is 74.3 cm³/mol. The van der Waals surface area contributed by atoms with Crippen molar-refractivity contribution in [1.82, 2.24) is 10.6 Å². The molecule has 0 saturated carbocycles. The maximum Gasteiger partial charge on any atom is 0.321 e. The molecular formula is C14H19FN2O4. The Hall–Kier alpha value is -2.15. The van der Waals surface area contributed by atoms with Crippen LogP contribution in [0.25, 0.3) is 0 Å². The lowest BCUT2D eigenvalue weighted by molar-refractivity contribution is -0.126. The number of amides is 3. The van der Waals surface area contributed by atoms with Crippen LogP contribution in [0.3, 0.4) is 0 Å². The first-order valence-corrected chi connectivity index (χ1v) is 6.58. The molecular weight excluding hydrogens is 279 g/mol. The highest BCUT2D eigenvalue weighted by Gasteiger charge is 2.20. The highest BCUT2D eigenvalue weighted by Crippen LogP contribution is 2.26. The summed E-state index contributed by atoms with van der Waals surface area (Å²) in [5.74, 6) is -1.16. The number of halogens is 1. The molecule has 0 aliphatic heterocycles. The zero-order valence-corrected chi connectivity index (χ0v) is 12.1. The van der Waals surface area contributed by atoms with Crippen LogP contribution in [0.2, 0.25) is 0 Å². The molecule has 116 valence electrons. The monoisotopic (exact) mass is 298 g/mol. The van der Waals surface area contributed by atoms with E-state index in [4.69, 9.17) is 4.74 Å². The second-order valence-corrected chi connectivity index (χ2v) is 4.47. The molecule has 3 N–H and O–H groups in total. The highest BCUT2D eigenvalue weighted by molar-refractivity contribution is 5.96. The molecule has 0 spiro atoms. The quantitative estimate of drug-likeness (QED) is 0.768. The molecule has 0 heterocycles. The van der Waals surface area contributed by atoms with Gasteiger partial charge in [-0.15, -0.1) is 0 Å². The van der Waals surface area contributed by atoms with Gasteiger partial charge in [-0.25, -0.2) is 9.18 Å². The molecule has 1 unspecified atom stereocenters. The summed E-state index contributed by atoms with van der Waals surface area (Å²) in [5.41, 5.74) is 0.356. The van der Waals surface area contributed by atoms with E-state index in [1.54, 1.807) is 6.92 Å². The highest BCUT2D eigenvalue weighted by atomic mass is 19.1.